The molecule has 4 rings (SSSR count). The Hall–Kier alpha value is -3.45. The average Bonchev–Trinajstić information content (AvgIpc) is 3.23. The number of carbonyl (C=O) groups excluding carboxylic acids is 1. The Kier molecular flexibility index (Phi) is 6.66. The molecule has 0 bridgehead atoms. The second kappa shape index (κ2) is 9.78. The van der Waals surface area contributed by atoms with Crippen molar-refractivity contribution in [3.63, 3.8) is 0 Å². The van der Waals surface area contributed by atoms with E-state index in [2.05, 4.69) is 34.6 Å². The first-order chi connectivity index (χ1) is 15.5. The molecule has 0 aliphatic heterocycles. The molecule has 7 heteroatoms. The Morgan fingerprint density at radius 1 is 1.00 bits per heavy atom. The quantitative estimate of drug-likeness (QED) is 0.381. The Labute approximate surface area is 190 Å². The van der Waals surface area contributed by atoms with Crippen LogP contribution in [-0.2, 0) is 5.75 Å². The number of hydrogen-bond acceptors (Lipinski definition) is 4. The Balaban J connectivity index is 1.62. The normalized spacial score (nSPS) is 11.8. The smallest absolute Gasteiger partial charge is 0.254 e. The third kappa shape index (κ3) is 4.73. The molecule has 1 aromatic heterocycles. The zero-order valence-electron chi connectivity index (χ0n) is 17.8. The standard InChI is InChI=1S/C25H23FN4OS/c1-17-10-6-7-11-19(17)16-32-25-29-28-23(30(25)20-12-4-3-5-13-20)18(2)27-24(31)21-14-8-9-15-22(21)26/h3-15,18H,16H2,1-2H3,(H,27,31). The molecule has 5 nitrogen and oxygen atoms in total. The van der Waals surface area contributed by atoms with Crippen molar-refractivity contribution in [1.29, 1.82) is 0 Å². The van der Waals surface area contributed by atoms with E-state index in [1.165, 1.54) is 23.3 Å². The van der Waals surface area contributed by atoms with Gasteiger partial charge in [0.25, 0.3) is 5.91 Å². The van der Waals surface area contributed by atoms with Crippen LogP contribution in [0.25, 0.3) is 5.69 Å². The third-order valence-corrected chi connectivity index (χ3v) is 6.12. The SMILES string of the molecule is Cc1ccccc1CSc1nnc(C(C)NC(=O)c2ccccc2F)n1-c1ccccc1. The molecular weight excluding hydrogens is 423 g/mol. The summed E-state index contributed by atoms with van der Waals surface area (Å²) in [6, 6.07) is 23.4. The van der Waals surface area contributed by atoms with E-state index < -0.39 is 17.8 Å². The summed E-state index contributed by atoms with van der Waals surface area (Å²) in [5, 5.41) is 12.4. The predicted molar refractivity (Wildman–Crippen MR) is 124 cm³/mol. The molecule has 162 valence electrons. The number of rotatable bonds is 7. The van der Waals surface area contributed by atoms with Crippen molar-refractivity contribution in [3.8, 4) is 5.69 Å². The molecule has 0 spiro atoms. The fourth-order valence-corrected chi connectivity index (χ4v) is 4.41. The number of halogens is 1. The molecule has 32 heavy (non-hydrogen) atoms. The van der Waals surface area contributed by atoms with Crippen molar-refractivity contribution in [3.05, 3.63) is 107 Å². The zero-order valence-corrected chi connectivity index (χ0v) is 18.6. The third-order valence-electron chi connectivity index (χ3n) is 5.14. The lowest BCUT2D eigenvalue weighted by Crippen LogP contribution is -2.29. The van der Waals surface area contributed by atoms with Gasteiger partial charge in [0.1, 0.15) is 5.82 Å². The van der Waals surface area contributed by atoms with Gasteiger partial charge in [-0.2, -0.15) is 0 Å². The summed E-state index contributed by atoms with van der Waals surface area (Å²) in [6.45, 7) is 3.90. The minimum absolute atomic E-state index is 0.000669. The number of amides is 1. The van der Waals surface area contributed by atoms with Crippen molar-refractivity contribution >= 4 is 17.7 Å². The van der Waals surface area contributed by atoms with Gasteiger partial charge in [0.15, 0.2) is 11.0 Å². The Morgan fingerprint density at radius 2 is 1.69 bits per heavy atom. The van der Waals surface area contributed by atoms with E-state index in [0.29, 0.717) is 5.82 Å². The molecule has 1 N–H and O–H groups in total. The molecule has 1 amide bonds. The summed E-state index contributed by atoms with van der Waals surface area (Å²) in [7, 11) is 0. The van der Waals surface area contributed by atoms with E-state index in [1.807, 2.05) is 54.0 Å². The minimum Gasteiger partial charge on any atom is -0.342 e. The highest BCUT2D eigenvalue weighted by Gasteiger charge is 2.22. The summed E-state index contributed by atoms with van der Waals surface area (Å²) in [6.07, 6.45) is 0. The van der Waals surface area contributed by atoms with Crippen LogP contribution >= 0.6 is 11.8 Å². The topological polar surface area (TPSA) is 59.8 Å². The van der Waals surface area contributed by atoms with Crippen LogP contribution in [-0.4, -0.2) is 20.7 Å². The van der Waals surface area contributed by atoms with Crippen molar-refractivity contribution in [2.75, 3.05) is 0 Å². The van der Waals surface area contributed by atoms with Crippen molar-refractivity contribution in [2.24, 2.45) is 0 Å². The summed E-state index contributed by atoms with van der Waals surface area (Å²) < 4.78 is 16.0. The summed E-state index contributed by atoms with van der Waals surface area (Å²) in [5.74, 6) is 0.268. The van der Waals surface area contributed by atoms with E-state index >= 15 is 0 Å². The molecule has 4 aromatic rings. The van der Waals surface area contributed by atoms with Crippen LogP contribution in [0.5, 0.6) is 0 Å². The molecule has 1 atom stereocenters. The van der Waals surface area contributed by atoms with Gasteiger partial charge in [-0.25, -0.2) is 4.39 Å². The summed E-state index contributed by atoms with van der Waals surface area (Å²) in [4.78, 5) is 12.6. The number of hydrogen-bond donors (Lipinski definition) is 1. The predicted octanol–water partition coefficient (Wildman–Crippen LogP) is 5.50. The number of nitrogens with one attached hydrogen (secondary N) is 1. The minimum atomic E-state index is -0.559. The molecule has 0 radical (unpaired) electrons. The fourth-order valence-electron chi connectivity index (χ4n) is 3.37. The van der Waals surface area contributed by atoms with Crippen LogP contribution in [0.4, 0.5) is 4.39 Å². The Morgan fingerprint density at radius 3 is 2.44 bits per heavy atom. The maximum absolute atomic E-state index is 14.0. The van der Waals surface area contributed by atoms with Gasteiger partial charge in [-0.1, -0.05) is 66.4 Å². The molecule has 0 saturated carbocycles. The molecule has 0 aliphatic rings. The van der Waals surface area contributed by atoms with Crippen LogP contribution in [0, 0.1) is 12.7 Å². The van der Waals surface area contributed by atoms with Crippen LogP contribution in [0.3, 0.4) is 0 Å². The lowest BCUT2D eigenvalue weighted by atomic mass is 10.1. The molecule has 0 aliphatic carbocycles. The van der Waals surface area contributed by atoms with E-state index in [0.717, 1.165) is 16.6 Å². The van der Waals surface area contributed by atoms with E-state index in [-0.39, 0.29) is 5.56 Å². The zero-order chi connectivity index (χ0) is 22.5. The van der Waals surface area contributed by atoms with E-state index in [9.17, 15) is 9.18 Å². The lowest BCUT2D eigenvalue weighted by Gasteiger charge is -2.16. The highest BCUT2D eigenvalue weighted by atomic mass is 32.2. The number of aromatic nitrogens is 3. The first-order valence-electron chi connectivity index (χ1n) is 10.3. The first-order valence-corrected chi connectivity index (χ1v) is 11.3. The molecular formula is C25H23FN4OS. The largest absolute Gasteiger partial charge is 0.342 e. The van der Waals surface area contributed by atoms with E-state index in [4.69, 9.17) is 0 Å². The van der Waals surface area contributed by atoms with Gasteiger partial charge >= 0.3 is 0 Å². The van der Waals surface area contributed by atoms with Crippen molar-refractivity contribution in [2.45, 2.75) is 30.8 Å². The van der Waals surface area contributed by atoms with E-state index in [1.54, 1.807) is 23.9 Å². The van der Waals surface area contributed by atoms with Crippen molar-refractivity contribution in [1.82, 2.24) is 20.1 Å². The molecule has 1 unspecified atom stereocenters. The highest BCUT2D eigenvalue weighted by molar-refractivity contribution is 7.98. The van der Waals surface area contributed by atoms with Gasteiger partial charge in [0.05, 0.1) is 11.6 Å². The maximum Gasteiger partial charge on any atom is 0.254 e. The number of para-hydroxylation sites is 1. The number of nitrogens with zero attached hydrogens (tertiary/aromatic N) is 3. The van der Waals surface area contributed by atoms with Crippen LogP contribution < -0.4 is 5.32 Å². The molecule has 1 heterocycles. The number of benzene rings is 3. The van der Waals surface area contributed by atoms with Gasteiger partial charge in [0.2, 0.25) is 0 Å². The van der Waals surface area contributed by atoms with Gasteiger partial charge in [-0.15, -0.1) is 10.2 Å². The van der Waals surface area contributed by atoms with Crippen LogP contribution in [0.2, 0.25) is 0 Å². The second-order valence-corrected chi connectivity index (χ2v) is 8.34. The van der Waals surface area contributed by atoms with Crippen molar-refractivity contribution < 1.29 is 9.18 Å². The molecule has 0 saturated heterocycles. The van der Waals surface area contributed by atoms with Gasteiger partial charge in [0, 0.05) is 11.4 Å². The number of thioether (sulfide) groups is 1. The molecule has 3 aromatic carbocycles. The second-order valence-electron chi connectivity index (χ2n) is 7.40. The summed E-state index contributed by atoms with van der Waals surface area (Å²) in [5.41, 5.74) is 3.34. The monoisotopic (exact) mass is 446 g/mol. The van der Waals surface area contributed by atoms with Crippen LogP contribution in [0.15, 0.2) is 84.0 Å². The highest BCUT2D eigenvalue weighted by Crippen LogP contribution is 2.28. The summed E-state index contributed by atoms with van der Waals surface area (Å²) >= 11 is 1.58. The fraction of sp³-hybridized carbons (Fsp3) is 0.160. The van der Waals surface area contributed by atoms with Crippen LogP contribution in [0.1, 0.15) is 40.3 Å². The number of aryl methyl sites for hydroxylation is 1. The van der Waals surface area contributed by atoms with Gasteiger partial charge < -0.3 is 5.32 Å². The first kappa shape index (κ1) is 21.8. The Bertz CT molecular complexity index is 1230. The van der Waals surface area contributed by atoms with Gasteiger partial charge in [-0.05, 0) is 49.2 Å². The maximum atomic E-state index is 14.0. The molecule has 0 fully saturated rings. The average molecular weight is 447 g/mol. The number of carbonyl (C=O) groups is 1. The lowest BCUT2D eigenvalue weighted by molar-refractivity contribution is 0.0934. The van der Waals surface area contributed by atoms with Gasteiger partial charge in [-0.3, -0.25) is 9.36 Å².